The molecule has 0 radical (unpaired) electrons. The van der Waals surface area contributed by atoms with E-state index < -0.39 is 33.0 Å². The van der Waals surface area contributed by atoms with E-state index in [2.05, 4.69) is 4.72 Å². The van der Waals surface area contributed by atoms with Gasteiger partial charge < -0.3 is 5.73 Å². The van der Waals surface area contributed by atoms with E-state index in [9.17, 15) is 18.0 Å². The molecule has 6 nitrogen and oxygen atoms in total. The van der Waals surface area contributed by atoms with Gasteiger partial charge >= 0.3 is 0 Å². The highest BCUT2D eigenvalue weighted by Crippen LogP contribution is 2.30. The first-order chi connectivity index (χ1) is 8.90. The quantitative estimate of drug-likeness (QED) is 0.774. The highest BCUT2D eigenvalue weighted by molar-refractivity contribution is 7.90. The Morgan fingerprint density at radius 3 is 2.11 bits per heavy atom. The van der Waals surface area contributed by atoms with Crippen LogP contribution in [0.15, 0.2) is 0 Å². The molecule has 2 amide bonds. The Balaban J connectivity index is 1.94. The summed E-state index contributed by atoms with van der Waals surface area (Å²) in [5.41, 5.74) is 5.25. The SMILES string of the molecule is NC(=O)C1CCCC(C(=O)NS(=O)(=O)C2CCC2)C1. The molecule has 0 bridgehead atoms. The molecule has 0 spiro atoms. The summed E-state index contributed by atoms with van der Waals surface area (Å²) in [6, 6.07) is 0. The third kappa shape index (κ3) is 3.26. The average Bonchev–Trinajstić information content (AvgIpc) is 2.25. The predicted octanol–water partition coefficient (Wildman–Crippen LogP) is 0.277. The Morgan fingerprint density at radius 1 is 1.00 bits per heavy atom. The Hall–Kier alpha value is -1.11. The highest BCUT2D eigenvalue weighted by atomic mass is 32.2. The van der Waals surface area contributed by atoms with E-state index in [0.29, 0.717) is 32.1 Å². The molecule has 0 aromatic rings. The van der Waals surface area contributed by atoms with Crippen molar-refractivity contribution in [3.8, 4) is 0 Å². The van der Waals surface area contributed by atoms with Crippen LogP contribution in [0.4, 0.5) is 0 Å². The summed E-state index contributed by atoms with van der Waals surface area (Å²) in [7, 11) is -3.53. The third-order valence-electron chi connectivity index (χ3n) is 4.18. The van der Waals surface area contributed by atoms with Crippen molar-refractivity contribution in [3.05, 3.63) is 0 Å². The van der Waals surface area contributed by atoms with Gasteiger partial charge in [0.2, 0.25) is 21.8 Å². The van der Waals surface area contributed by atoms with Gasteiger partial charge in [0.05, 0.1) is 5.25 Å². The van der Waals surface area contributed by atoms with Crippen molar-refractivity contribution in [2.75, 3.05) is 0 Å². The van der Waals surface area contributed by atoms with Crippen molar-refractivity contribution >= 4 is 21.8 Å². The number of rotatable bonds is 4. The number of hydrogen-bond acceptors (Lipinski definition) is 4. The lowest BCUT2D eigenvalue weighted by atomic mass is 9.81. The molecule has 2 rings (SSSR count). The fourth-order valence-electron chi connectivity index (χ4n) is 2.67. The van der Waals surface area contributed by atoms with Gasteiger partial charge in [0.1, 0.15) is 0 Å². The van der Waals surface area contributed by atoms with Crippen LogP contribution in [0.3, 0.4) is 0 Å². The van der Waals surface area contributed by atoms with Crippen LogP contribution in [-0.2, 0) is 19.6 Å². The summed E-state index contributed by atoms with van der Waals surface area (Å²) in [6.07, 6.45) is 4.54. The van der Waals surface area contributed by atoms with Crippen molar-refractivity contribution in [1.82, 2.24) is 4.72 Å². The summed E-state index contributed by atoms with van der Waals surface area (Å²) in [5, 5.41) is -0.424. The largest absolute Gasteiger partial charge is 0.369 e. The molecular formula is C12H20N2O4S. The molecule has 19 heavy (non-hydrogen) atoms. The molecule has 3 N–H and O–H groups in total. The zero-order valence-electron chi connectivity index (χ0n) is 10.8. The number of nitrogens with two attached hydrogens (primary N) is 1. The molecule has 108 valence electrons. The van der Waals surface area contributed by atoms with E-state index in [1.165, 1.54) is 0 Å². The van der Waals surface area contributed by atoms with Crippen LogP contribution in [0.2, 0.25) is 0 Å². The van der Waals surface area contributed by atoms with Crippen LogP contribution in [0.25, 0.3) is 0 Å². The van der Waals surface area contributed by atoms with Crippen LogP contribution in [0, 0.1) is 11.8 Å². The molecule has 2 aliphatic carbocycles. The van der Waals surface area contributed by atoms with E-state index in [4.69, 9.17) is 5.73 Å². The normalized spacial score (nSPS) is 28.4. The first-order valence-electron chi connectivity index (χ1n) is 6.75. The number of primary amides is 1. The average molecular weight is 288 g/mol. The molecule has 0 aromatic carbocycles. The summed E-state index contributed by atoms with van der Waals surface area (Å²) < 4.78 is 25.9. The number of nitrogens with one attached hydrogen (secondary N) is 1. The maximum Gasteiger partial charge on any atom is 0.237 e. The zero-order valence-corrected chi connectivity index (χ0v) is 11.6. The molecule has 2 unspecified atom stereocenters. The molecule has 2 saturated carbocycles. The Bertz CT molecular complexity index is 470. The minimum absolute atomic E-state index is 0.309. The van der Waals surface area contributed by atoms with E-state index in [0.717, 1.165) is 12.8 Å². The lowest BCUT2D eigenvalue weighted by Crippen LogP contribution is -2.45. The second kappa shape index (κ2) is 5.48. The highest BCUT2D eigenvalue weighted by Gasteiger charge is 2.36. The maximum atomic E-state index is 12.0. The summed E-state index contributed by atoms with van der Waals surface area (Å²) in [6.45, 7) is 0. The second-order valence-corrected chi connectivity index (χ2v) is 7.49. The molecule has 2 fully saturated rings. The molecule has 2 atom stereocenters. The Labute approximate surface area is 113 Å². The first-order valence-corrected chi connectivity index (χ1v) is 8.29. The monoisotopic (exact) mass is 288 g/mol. The fraction of sp³-hybridized carbons (Fsp3) is 0.833. The van der Waals surface area contributed by atoms with Crippen LogP contribution in [0.5, 0.6) is 0 Å². The van der Waals surface area contributed by atoms with Gasteiger partial charge in [-0.3, -0.25) is 14.3 Å². The van der Waals surface area contributed by atoms with Crippen molar-refractivity contribution in [2.24, 2.45) is 17.6 Å². The van der Waals surface area contributed by atoms with Gasteiger partial charge in [-0.2, -0.15) is 0 Å². The number of carbonyl (C=O) groups excluding carboxylic acids is 2. The maximum absolute atomic E-state index is 12.0. The minimum Gasteiger partial charge on any atom is -0.369 e. The van der Waals surface area contributed by atoms with Crippen LogP contribution >= 0.6 is 0 Å². The fourth-order valence-corrected chi connectivity index (χ4v) is 4.24. The second-order valence-electron chi connectivity index (χ2n) is 5.53. The molecule has 0 aromatic heterocycles. The van der Waals surface area contributed by atoms with Gasteiger partial charge in [0.15, 0.2) is 0 Å². The topological polar surface area (TPSA) is 106 Å². The summed E-state index contributed by atoms with van der Waals surface area (Å²) in [4.78, 5) is 23.1. The van der Waals surface area contributed by atoms with Crippen molar-refractivity contribution in [3.63, 3.8) is 0 Å². The van der Waals surface area contributed by atoms with Gasteiger partial charge in [-0.25, -0.2) is 8.42 Å². The number of hydrogen-bond donors (Lipinski definition) is 2. The lowest BCUT2D eigenvalue weighted by Gasteiger charge is -2.29. The number of carbonyl (C=O) groups is 2. The van der Waals surface area contributed by atoms with E-state index in [-0.39, 0.29) is 5.92 Å². The molecule has 7 heteroatoms. The van der Waals surface area contributed by atoms with Crippen LogP contribution < -0.4 is 10.5 Å². The predicted molar refractivity (Wildman–Crippen MR) is 69.3 cm³/mol. The molecule has 0 saturated heterocycles. The van der Waals surface area contributed by atoms with Crippen LogP contribution in [-0.4, -0.2) is 25.5 Å². The summed E-state index contributed by atoms with van der Waals surface area (Å²) in [5.74, 6) is -1.60. The zero-order chi connectivity index (χ0) is 14.0. The van der Waals surface area contributed by atoms with Gasteiger partial charge in [-0.15, -0.1) is 0 Å². The molecule has 0 aliphatic heterocycles. The Morgan fingerprint density at radius 2 is 1.58 bits per heavy atom. The van der Waals surface area contributed by atoms with Gasteiger partial charge in [0.25, 0.3) is 0 Å². The van der Waals surface area contributed by atoms with E-state index in [1.807, 2.05) is 0 Å². The smallest absolute Gasteiger partial charge is 0.237 e. The molecule has 2 aliphatic rings. The van der Waals surface area contributed by atoms with Crippen molar-refractivity contribution in [1.29, 1.82) is 0 Å². The number of amides is 2. The number of sulfonamides is 1. The van der Waals surface area contributed by atoms with Crippen molar-refractivity contribution < 1.29 is 18.0 Å². The first kappa shape index (κ1) is 14.3. The third-order valence-corrected chi connectivity index (χ3v) is 6.02. The standard InChI is InChI=1S/C12H20N2O4S/c13-11(15)8-3-1-4-9(7-8)12(16)14-19(17,18)10-5-2-6-10/h8-10H,1-7H2,(H2,13,15)(H,14,16). The van der Waals surface area contributed by atoms with Gasteiger partial charge in [-0.1, -0.05) is 12.8 Å². The van der Waals surface area contributed by atoms with Gasteiger partial charge in [0, 0.05) is 11.8 Å². The van der Waals surface area contributed by atoms with Crippen LogP contribution in [0.1, 0.15) is 44.9 Å². The lowest BCUT2D eigenvalue weighted by molar-refractivity contribution is -0.127. The van der Waals surface area contributed by atoms with E-state index in [1.54, 1.807) is 0 Å². The van der Waals surface area contributed by atoms with Gasteiger partial charge in [-0.05, 0) is 32.1 Å². The summed E-state index contributed by atoms with van der Waals surface area (Å²) >= 11 is 0. The Kier molecular flexibility index (Phi) is 4.13. The molecular weight excluding hydrogens is 268 g/mol. The van der Waals surface area contributed by atoms with E-state index >= 15 is 0 Å². The van der Waals surface area contributed by atoms with Crippen molar-refractivity contribution in [2.45, 2.75) is 50.2 Å². The minimum atomic E-state index is -3.53. The molecule has 0 heterocycles.